The third-order valence-electron chi connectivity index (χ3n) is 1.48. The fraction of sp³-hybridized carbons (Fsp3) is 0.375. The topological polar surface area (TPSA) is 76.5 Å². The Labute approximate surface area is 82.1 Å². The predicted octanol–water partition coefficient (Wildman–Crippen LogP) is 1.05. The molecular weight excluding hydrogens is 194 g/mol. The first-order chi connectivity index (χ1) is 5.68. The Morgan fingerprint density at radius 2 is 2.38 bits per heavy atom. The van der Waals surface area contributed by atoms with Crippen molar-refractivity contribution in [3.63, 3.8) is 0 Å². The number of furan rings is 1. The number of hydrogen-bond donors (Lipinski definition) is 2. The highest BCUT2D eigenvalue weighted by Gasteiger charge is 2.09. The van der Waals surface area contributed by atoms with E-state index in [-0.39, 0.29) is 24.9 Å². The molecule has 0 aromatic carbocycles. The van der Waals surface area contributed by atoms with Crippen LogP contribution < -0.4 is 5.73 Å². The van der Waals surface area contributed by atoms with Crippen molar-refractivity contribution < 1.29 is 14.3 Å². The zero-order chi connectivity index (χ0) is 8.97. The molecule has 0 saturated heterocycles. The summed E-state index contributed by atoms with van der Waals surface area (Å²) in [4.78, 5) is 10.2. The Morgan fingerprint density at radius 3 is 2.85 bits per heavy atom. The highest BCUT2D eigenvalue weighted by molar-refractivity contribution is 5.85. The monoisotopic (exact) mass is 205 g/mol. The molecule has 1 rings (SSSR count). The van der Waals surface area contributed by atoms with E-state index in [1.54, 1.807) is 18.4 Å². The predicted molar refractivity (Wildman–Crippen MR) is 49.9 cm³/mol. The van der Waals surface area contributed by atoms with Gasteiger partial charge in [-0.2, -0.15) is 0 Å². The van der Waals surface area contributed by atoms with Gasteiger partial charge in [0.15, 0.2) is 0 Å². The maximum atomic E-state index is 10.2. The second kappa shape index (κ2) is 5.61. The van der Waals surface area contributed by atoms with Gasteiger partial charge in [0.1, 0.15) is 5.76 Å². The van der Waals surface area contributed by atoms with Crippen molar-refractivity contribution in [3.05, 3.63) is 24.2 Å². The van der Waals surface area contributed by atoms with Crippen LogP contribution in [0.25, 0.3) is 0 Å². The second-order valence-electron chi connectivity index (χ2n) is 2.64. The molecule has 1 atom stereocenters. The van der Waals surface area contributed by atoms with Gasteiger partial charge in [-0.1, -0.05) is 0 Å². The number of rotatable bonds is 4. The molecule has 3 N–H and O–H groups in total. The first kappa shape index (κ1) is 12.0. The van der Waals surface area contributed by atoms with Crippen molar-refractivity contribution in [2.45, 2.75) is 18.9 Å². The lowest BCUT2D eigenvalue weighted by molar-refractivity contribution is -0.137. The fourth-order valence-electron chi connectivity index (χ4n) is 0.984. The van der Waals surface area contributed by atoms with E-state index >= 15 is 0 Å². The molecular formula is C8H12ClNO3. The number of aliphatic carboxylic acids is 1. The van der Waals surface area contributed by atoms with Crippen molar-refractivity contribution >= 4 is 18.4 Å². The van der Waals surface area contributed by atoms with Gasteiger partial charge in [0.25, 0.3) is 0 Å². The molecule has 74 valence electrons. The normalized spacial score (nSPS) is 11.8. The maximum Gasteiger partial charge on any atom is 0.304 e. The van der Waals surface area contributed by atoms with Crippen molar-refractivity contribution in [1.82, 2.24) is 0 Å². The van der Waals surface area contributed by atoms with Gasteiger partial charge in [-0.15, -0.1) is 12.4 Å². The van der Waals surface area contributed by atoms with E-state index in [0.717, 1.165) is 5.76 Å². The smallest absolute Gasteiger partial charge is 0.304 e. The van der Waals surface area contributed by atoms with E-state index < -0.39 is 5.97 Å². The van der Waals surface area contributed by atoms with Crippen molar-refractivity contribution in [2.75, 3.05) is 0 Å². The highest BCUT2D eigenvalue weighted by atomic mass is 35.5. The largest absolute Gasteiger partial charge is 0.481 e. The number of carbonyl (C=O) groups is 1. The molecule has 4 nitrogen and oxygen atoms in total. The Kier molecular flexibility index (Phi) is 5.18. The molecule has 1 aromatic heterocycles. The molecule has 1 aromatic rings. The maximum absolute atomic E-state index is 10.2. The number of nitrogens with two attached hydrogens (primary N) is 1. The van der Waals surface area contributed by atoms with Crippen LogP contribution in [0, 0.1) is 0 Å². The molecule has 0 aliphatic carbocycles. The lowest BCUT2D eigenvalue weighted by atomic mass is 10.1. The third-order valence-corrected chi connectivity index (χ3v) is 1.48. The summed E-state index contributed by atoms with van der Waals surface area (Å²) in [6.07, 6.45) is 1.99. The quantitative estimate of drug-likeness (QED) is 0.770. The average Bonchev–Trinajstić information content (AvgIpc) is 2.37. The standard InChI is InChI=1S/C8H11NO3.ClH/c9-6(5-8(10)11)4-7-2-1-3-12-7;/h1-3,6H,4-5,9H2,(H,10,11);1H. The van der Waals surface area contributed by atoms with Crippen LogP contribution in [0.3, 0.4) is 0 Å². The van der Waals surface area contributed by atoms with Crippen LogP contribution in [0.5, 0.6) is 0 Å². The fourth-order valence-corrected chi connectivity index (χ4v) is 0.984. The number of hydrogen-bond acceptors (Lipinski definition) is 3. The van der Waals surface area contributed by atoms with Crippen LogP contribution in [0.1, 0.15) is 12.2 Å². The van der Waals surface area contributed by atoms with E-state index in [1.165, 1.54) is 0 Å². The van der Waals surface area contributed by atoms with Gasteiger partial charge in [0.2, 0.25) is 0 Å². The Balaban J connectivity index is 0.00000144. The van der Waals surface area contributed by atoms with E-state index in [0.29, 0.717) is 6.42 Å². The van der Waals surface area contributed by atoms with E-state index in [2.05, 4.69) is 0 Å². The summed E-state index contributed by atoms with van der Waals surface area (Å²) in [5, 5.41) is 8.40. The van der Waals surface area contributed by atoms with Gasteiger partial charge < -0.3 is 15.3 Å². The lowest BCUT2D eigenvalue weighted by Gasteiger charge is -2.04. The molecule has 0 fully saturated rings. The minimum absolute atomic E-state index is 0. The van der Waals surface area contributed by atoms with E-state index in [1.807, 2.05) is 0 Å². The third kappa shape index (κ3) is 4.55. The second-order valence-corrected chi connectivity index (χ2v) is 2.64. The molecule has 5 heteroatoms. The minimum Gasteiger partial charge on any atom is -0.481 e. The number of halogens is 1. The van der Waals surface area contributed by atoms with E-state index in [4.69, 9.17) is 15.3 Å². The van der Waals surface area contributed by atoms with Gasteiger partial charge in [-0.3, -0.25) is 4.79 Å². The summed E-state index contributed by atoms with van der Waals surface area (Å²) >= 11 is 0. The van der Waals surface area contributed by atoms with Crippen LogP contribution in [0.4, 0.5) is 0 Å². The summed E-state index contributed by atoms with van der Waals surface area (Å²) in [5.74, 6) is -0.155. The Hall–Kier alpha value is -1.00. The van der Waals surface area contributed by atoms with Crippen LogP contribution in [0.2, 0.25) is 0 Å². The summed E-state index contributed by atoms with van der Waals surface area (Å²) in [7, 11) is 0. The van der Waals surface area contributed by atoms with Crippen LogP contribution in [-0.2, 0) is 11.2 Å². The van der Waals surface area contributed by atoms with Gasteiger partial charge in [0.05, 0.1) is 12.7 Å². The lowest BCUT2D eigenvalue weighted by Crippen LogP contribution is -2.25. The van der Waals surface area contributed by atoms with E-state index in [9.17, 15) is 4.79 Å². The molecule has 0 amide bonds. The molecule has 0 radical (unpaired) electrons. The molecule has 0 bridgehead atoms. The molecule has 0 aliphatic heterocycles. The van der Waals surface area contributed by atoms with Crippen molar-refractivity contribution in [2.24, 2.45) is 5.73 Å². The average molecular weight is 206 g/mol. The van der Waals surface area contributed by atoms with Crippen LogP contribution in [0.15, 0.2) is 22.8 Å². The molecule has 0 saturated carbocycles. The van der Waals surface area contributed by atoms with Crippen LogP contribution in [-0.4, -0.2) is 17.1 Å². The first-order valence-corrected chi connectivity index (χ1v) is 3.68. The highest BCUT2D eigenvalue weighted by Crippen LogP contribution is 2.04. The zero-order valence-electron chi connectivity index (χ0n) is 6.97. The summed E-state index contributed by atoms with van der Waals surface area (Å²) in [6.45, 7) is 0. The molecule has 13 heavy (non-hydrogen) atoms. The summed E-state index contributed by atoms with van der Waals surface area (Å²) < 4.78 is 5.01. The van der Waals surface area contributed by atoms with Crippen LogP contribution >= 0.6 is 12.4 Å². The Bertz CT molecular complexity index is 248. The Morgan fingerprint density at radius 1 is 1.69 bits per heavy atom. The first-order valence-electron chi connectivity index (χ1n) is 3.68. The van der Waals surface area contributed by atoms with Gasteiger partial charge >= 0.3 is 5.97 Å². The molecule has 0 spiro atoms. The van der Waals surface area contributed by atoms with Gasteiger partial charge in [-0.05, 0) is 12.1 Å². The molecule has 1 heterocycles. The van der Waals surface area contributed by atoms with Gasteiger partial charge in [0, 0.05) is 12.5 Å². The zero-order valence-corrected chi connectivity index (χ0v) is 7.79. The molecule has 0 aliphatic rings. The number of carboxylic acids is 1. The molecule has 1 unspecified atom stereocenters. The SMILES string of the molecule is Cl.NC(CC(=O)O)Cc1ccco1. The van der Waals surface area contributed by atoms with Crippen molar-refractivity contribution in [1.29, 1.82) is 0 Å². The summed E-state index contributed by atoms with van der Waals surface area (Å²) in [5.41, 5.74) is 5.52. The van der Waals surface area contributed by atoms with Crippen molar-refractivity contribution in [3.8, 4) is 0 Å². The number of carboxylic acid groups (broad SMARTS) is 1. The minimum atomic E-state index is -0.881. The van der Waals surface area contributed by atoms with Gasteiger partial charge in [-0.25, -0.2) is 0 Å². The summed E-state index contributed by atoms with van der Waals surface area (Å²) in [6, 6.07) is 3.17.